The highest BCUT2D eigenvalue weighted by Gasteiger charge is 2.11. The van der Waals surface area contributed by atoms with Gasteiger partial charge in [-0.3, -0.25) is 4.79 Å². The van der Waals surface area contributed by atoms with E-state index < -0.39 is 5.91 Å². The van der Waals surface area contributed by atoms with Crippen molar-refractivity contribution in [3.8, 4) is 11.8 Å². The predicted molar refractivity (Wildman–Crippen MR) is 99.4 cm³/mol. The second-order valence-corrected chi connectivity index (χ2v) is 5.34. The van der Waals surface area contributed by atoms with Crippen LogP contribution in [0.3, 0.4) is 0 Å². The number of halogens is 1. The zero-order valence-corrected chi connectivity index (χ0v) is 14.3. The van der Waals surface area contributed by atoms with E-state index >= 15 is 0 Å². The summed E-state index contributed by atoms with van der Waals surface area (Å²) in [6, 6.07) is 13.8. The summed E-state index contributed by atoms with van der Waals surface area (Å²) in [5, 5.41) is 15.1. The van der Waals surface area contributed by atoms with Gasteiger partial charge in [0.15, 0.2) is 0 Å². The number of nitrogen functional groups attached to an aromatic ring is 1. The number of amides is 1. The third kappa shape index (κ3) is 4.90. The Bertz CT molecular complexity index is 843. The first kappa shape index (κ1) is 18.2. The Morgan fingerprint density at radius 3 is 2.80 bits per heavy atom. The average Bonchev–Trinajstić information content (AvgIpc) is 2.60. The van der Waals surface area contributed by atoms with E-state index in [0.29, 0.717) is 34.4 Å². The van der Waals surface area contributed by atoms with E-state index in [4.69, 9.17) is 22.1 Å². The minimum atomic E-state index is -0.565. The van der Waals surface area contributed by atoms with Crippen LogP contribution in [0, 0.1) is 11.3 Å². The third-order valence-electron chi connectivity index (χ3n) is 3.18. The number of hydrogen-bond acceptors (Lipinski definition) is 5. The quantitative estimate of drug-likeness (QED) is 0.415. The first-order valence-corrected chi connectivity index (χ1v) is 7.88. The van der Waals surface area contributed by atoms with E-state index in [1.165, 1.54) is 12.3 Å². The topological polar surface area (TPSA) is 100 Å². The van der Waals surface area contributed by atoms with E-state index in [1.807, 2.05) is 25.1 Å². The Morgan fingerprint density at radius 2 is 2.12 bits per heavy atom. The molecule has 0 fully saturated rings. The Morgan fingerprint density at radius 1 is 1.36 bits per heavy atom. The fraction of sp³-hybridized carbons (Fsp3) is 0.111. The van der Waals surface area contributed by atoms with Crippen LogP contribution < -0.4 is 21.1 Å². The summed E-state index contributed by atoms with van der Waals surface area (Å²) >= 11 is 5.92. The number of nitrogens with one attached hydrogen (secondary N) is 2. The van der Waals surface area contributed by atoms with Crippen LogP contribution in [-0.2, 0) is 4.79 Å². The molecule has 0 unspecified atom stereocenters. The lowest BCUT2D eigenvalue weighted by atomic mass is 10.2. The molecule has 128 valence electrons. The number of rotatable bonds is 6. The number of nitrogens with zero attached hydrogens (tertiary/aromatic N) is 1. The monoisotopic (exact) mass is 356 g/mol. The molecule has 2 aromatic carbocycles. The molecule has 0 aliphatic heterocycles. The van der Waals surface area contributed by atoms with E-state index in [1.54, 1.807) is 24.3 Å². The van der Waals surface area contributed by atoms with E-state index in [9.17, 15) is 10.1 Å². The first-order chi connectivity index (χ1) is 12.0. The highest BCUT2D eigenvalue weighted by molar-refractivity contribution is 6.33. The van der Waals surface area contributed by atoms with Gasteiger partial charge in [-0.25, -0.2) is 0 Å². The molecular formula is C18H17ClN4O2. The summed E-state index contributed by atoms with van der Waals surface area (Å²) in [7, 11) is 0. The number of benzene rings is 2. The van der Waals surface area contributed by atoms with Crippen LogP contribution in [0.1, 0.15) is 6.92 Å². The van der Waals surface area contributed by atoms with Gasteiger partial charge in [-0.15, -0.1) is 0 Å². The maximum atomic E-state index is 12.2. The number of anilines is 3. The highest BCUT2D eigenvalue weighted by atomic mass is 35.5. The molecule has 0 aliphatic carbocycles. The summed E-state index contributed by atoms with van der Waals surface area (Å²) in [4.78, 5) is 12.2. The molecule has 0 saturated heterocycles. The van der Waals surface area contributed by atoms with Crippen LogP contribution >= 0.6 is 11.6 Å². The van der Waals surface area contributed by atoms with Gasteiger partial charge in [0, 0.05) is 11.9 Å². The van der Waals surface area contributed by atoms with Gasteiger partial charge in [-0.2, -0.15) is 5.26 Å². The molecule has 0 atom stereocenters. The van der Waals surface area contributed by atoms with E-state index in [0.717, 1.165) is 0 Å². The SMILES string of the molecule is CCOc1ccccc1N/C=C(/C#N)C(=O)Nc1ccc(N)c(Cl)c1. The Hall–Kier alpha value is -3.17. The zero-order chi connectivity index (χ0) is 18.2. The van der Waals surface area contributed by atoms with Crippen molar-refractivity contribution in [1.29, 1.82) is 5.26 Å². The average molecular weight is 357 g/mol. The molecule has 0 aliphatic rings. The normalized spacial score (nSPS) is 10.7. The van der Waals surface area contributed by atoms with Crippen LogP contribution in [-0.4, -0.2) is 12.5 Å². The minimum Gasteiger partial charge on any atom is -0.492 e. The van der Waals surface area contributed by atoms with Gasteiger partial charge in [0.25, 0.3) is 5.91 Å². The third-order valence-corrected chi connectivity index (χ3v) is 3.51. The summed E-state index contributed by atoms with van der Waals surface area (Å²) in [6.07, 6.45) is 1.33. The van der Waals surface area contributed by atoms with Gasteiger partial charge in [0.05, 0.1) is 23.0 Å². The van der Waals surface area contributed by atoms with Gasteiger partial charge >= 0.3 is 0 Å². The van der Waals surface area contributed by atoms with Gasteiger partial charge in [0.1, 0.15) is 17.4 Å². The van der Waals surface area contributed by atoms with Crippen molar-refractivity contribution in [3.05, 3.63) is 59.3 Å². The smallest absolute Gasteiger partial charge is 0.267 e. The van der Waals surface area contributed by atoms with Crippen LogP contribution in [0.15, 0.2) is 54.2 Å². The van der Waals surface area contributed by atoms with Crippen molar-refractivity contribution in [3.63, 3.8) is 0 Å². The van der Waals surface area contributed by atoms with Crippen molar-refractivity contribution in [2.24, 2.45) is 0 Å². The molecule has 0 bridgehead atoms. The number of ether oxygens (including phenoxy) is 1. The molecule has 4 N–H and O–H groups in total. The van der Waals surface area contributed by atoms with Crippen LogP contribution in [0.4, 0.5) is 17.1 Å². The van der Waals surface area contributed by atoms with Gasteiger partial charge in [-0.1, -0.05) is 23.7 Å². The molecule has 1 amide bonds. The van der Waals surface area contributed by atoms with Crippen molar-refractivity contribution in [2.75, 3.05) is 23.0 Å². The second-order valence-electron chi connectivity index (χ2n) is 4.93. The predicted octanol–water partition coefficient (Wildman–Crippen LogP) is 3.78. The van der Waals surface area contributed by atoms with Crippen molar-refractivity contribution in [2.45, 2.75) is 6.92 Å². The molecule has 0 aromatic heterocycles. The number of para-hydroxylation sites is 2. The number of carbonyl (C=O) groups excluding carboxylic acids is 1. The number of hydrogen-bond donors (Lipinski definition) is 3. The molecule has 2 rings (SSSR count). The molecular weight excluding hydrogens is 340 g/mol. The molecule has 7 heteroatoms. The zero-order valence-electron chi connectivity index (χ0n) is 13.5. The van der Waals surface area contributed by atoms with E-state index in [-0.39, 0.29) is 5.57 Å². The Labute approximate surface area is 150 Å². The lowest BCUT2D eigenvalue weighted by Gasteiger charge is -2.10. The van der Waals surface area contributed by atoms with Crippen LogP contribution in [0.25, 0.3) is 0 Å². The summed E-state index contributed by atoms with van der Waals surface area (Å²) in [6.45, 7) is 2.38. The van der Waals surface area contributed by atoms with Crippen LogP contribution in [0.2, 0.25) is 5.02 Å². The standard InChI is InChI=1S/C18H17ClN4O2/c1-2-25-17-6-4-3-5-16(17)22-11-12(10-20)18(24)23-13-7-8-15(21)14(19)9-13/h3-9,11,22H,2,21H2,1H3,(H,23,24)/b12-11-. The molecule has 6 nitrogen and oxygen atoms in total. The number of carbonyl (C=O) groups is 1. The molecule has 0 spiro atoms. The fourth-order valence-electron chi connectivity index (χ4n) is 1.97. The van der Waals surface area contributed by atoms with Crippen molar-refractivity contribution < 1.29 is 9.53 Å². The Balaban J connectivity index is 2.13. The first-order valence-electron chi connectivity index (χ1n) is 7.50. The van der Waals surface area contributed by atoms with Crippen molar-refractivity contribution in [1.82, 2.24) is 0 Å². The fourth-order valence-corrected chi connectivity index (χ4v) is 2.15. The maximum absolute atomic E-state index is 12.2. The number of nitriles is 1. The Kier molecular flexibility index (Phi) is 6.26. The molecule has 0 heterocycles. The molecule has 25 heavy (non-hydrogen) atoms. The molecule has 2 aromatic rings. The molecule has 0 saturated carbocycles. The lowest BCUT2D eigenvalue weighted by Crippen LogP contribution is -2.14. The summed E-state index contributed by atoms with van der Waals surface area (Å²) in [5.41, 5.74) is 7.03. The second kappa shape index (κ2) is 8.62. The lowest BCUT2D eigenvalue weighted by molar-refractivity contribution is -0.112. The van der Waals surface area contributed by atoms with Crippen LogP contribution in [0.5, 0.6) is 5.75 Å². The molecule has 0 radical (unpaired) electrons. The van der Waals surface area contributed by atoms with Crippen molar-refractivity contribution >= 4 is 34.6 Å². The summed E-state index contributed by atoms with van der Waals surface area (Å²) in [5.74, 6) is 0.0639. The highest BCUT2D eigenvalue weighted by Crippen LogP contribution is 2.24. The largest absolute Gasteiger partial charge is 0.492 e. The number of nitrogens with two attached hydrogens (primary N) is 1. The summed E-state index contributed by atoms with van der Waals surface area (Å²) < 4.78 is 5.48. The maximum Gasteiger partial charge on any atom is 0.267 e. The van der Waals surface area contributed by atoms with Gasteiger partial charge in [-0.05, 0) is 37.3 Å². The van der Waals surface area contributed by atoms with Gasteiger partial charge in [0.2, 0.25) is 0 Å². The minimum absolute atomic E-state index is 0.0979. The van der Waals surface area contributed by atoms with Gasteiger partial charge < -0.3 is 21.1 Å². The van der Waals surface area contributed by atoms with E-state index in [2.05, 4.69) is 10.6 Å².